The normalized spacial score (nSPS) is 24.3. The monoisotopic (exact) mass is 418 g/mol. The third-order valence-corrected chi connectivity index (χ3v) is 5.54. The predicted molar refractivity (Wildman–Crippen MR) is 105 cm³/mol. The zero-order chi connectivity index (χ0) is 20.0. The van der Waals surface area contributed by atoms with Gasteiger partial charge in [0.15, 0.2) is 0 Å². The Morgan fingerprint density at radius 2 is 1.78 bits per heavy atom. The fourth-order valence-electron chi connectivity index (χ4n) is 3.32. The lowest BCUT2D eigenvalue weighted by Gasteiger charge is -2.28. The number of carbonyl (C=O) groups is 4. The van der Waals surface area contributed by atoms with Crippen LogP contribution in [0.25, 0.3) is 0 Å². The number of likely N-dealkylation sites (tertiary alicyclic amines) is 1. The van der Waals surface area contributed by atoms with Crippen LogP contribution in [0, 0.1) is 0 Å². The van der Waals surface area contributed by atoms with Gasteiger partial charge in [-0.3, -0.25) is 14.4 Å². The summed E-state index contributed by atoms with van der Waals surface area (Å²) >= 11 is 8.23. The minimum Gasteiger partial charge on any atom is -0.480 e. The van der Waals surface area contributed by atoms with Crippen LogP contribution in [0.3, 0.4) is 0 Å². The number of carbonyl (C=O) groups excluding carboxylic acids is 3. The third kappa shape index (κ3) is 5.52. The van der Waals surface area contributed by atoms with Gasteiger partial charge in [-0.15, -0.1) is 0 Å². The number of carboxylic acids is 1. The number of hydrogen-bond donors (Lipinski definition) is 6. The van der Waals surface area contributed by atoms with Crippen molar-refractivity contribution in [2.75, 3.05) is 24.6 Å². The zero-order valence-corrected chi connectivity index (χ0v) is 16.7. The largest absolute Gasteiger partial charge is 0.480 e. The van der Waals surface area contributed by atoms with Gasteiger partial charge in [0.1, 0.15) is 18.1 Å². The van der Waals surface area contributed by atoms with E-state index in [-0.39, 0.29) is 23.5 Å². The number of aliphatic carboxylic acids is 1. The molecule has 0 aromatic rings. The van der Waals surface area contributed by atoms with Gasteiger partial charge in [0.2, 0.25) is 17.7 Å². The second kappa shape index (κ2) is 10.2. The van der Waals surface area contributed by atoms with Crippen LogP contribution < -0.4 is 16.0 Å². The molecule has 0 aromatic carbocycles. The minimum absolute atomic E-state index is 0.0187. The Kier molecular flexibility index (Phi) is 8.24. The highest BCUT2D eigenvalue weighted by molar-refractivity contribution is 7.80. The maximum absolute atomic E-state index is 12.7. The highest BCUT2D eigenvalue weighted by Crippen LogP contribution is 2.19. The van der Waals surface area contributed by atoms with Gasteiger partial charge < -0.3 is 26.0 Å². The molecule has 0 aromatic heterocycles. The lowest BCUT2D eigenvalue weighted by atomic mass is 10.2. The van der Waals surface area contributed by atoms with E-state index in [1.165, 1.54) is 4.90 Å². The highest BCUT2D eigenvalue weighted by atomic mass is 32.1. The van der Waals surface area contributed by atoms with E-state index in [9.17, 15) is 24.3 Å². The molecule has 0 saturated carbocycles. The molecule has 152 valence electrons. The van der Waals surface area contributed by atoms with Crippen LogP contribution in [0.1, 0.15) is 25.7 Å². The van der Waals surface area contributed by atoms with Gasteiger partial charge in [0, 0.05) is 18.1 Å². The van der Waals surface area contributed by atoms with Crippen molar-refractivity contribution in [1.29, 1.82) is 0 Å². The van der Waals surface area contributed by atoms with E-state index >= 15 is 0 Å². The summed E-state index contributed by atoms with van der Waals surface area (Å²) < 4.78 is 0. The maximum atomic E-state index is 12.7. The minimum atomic E-state index is -1.06. The molecular formula is C16H26N4O5S2. The topological polar surface area (TPSA) is 128 Å². The number of nitrogens with one attached hydrogen (secondary N) is 3. The van der Waals surface area contributed by atoms with Crippen molar-refractivity contribution in [2.24, 2.45) is 0 Å². The number of hydrogen-bond acceptors (Lipinski definition) is 7. The molecule has 4 N–H and O–H groups in total. The molecule has 2 heterocycles. The van der Waals surface area contributed by atoms with E-state index in [1.807, 2.05) is 0 Å². The van der Waals surface area contributed by atoms with Gasteiger partial charge in [-0.05, 0) is 32.2 Å². The molecule has 0 radical (unpaired) electrons. The van der Waals surface area contributed by atoms with Gasteiger partial charge in [-0.2, -0.15) is 25.3 Å². The lowest BCUT2D eigenvalue weighted by molar-refractivity contribution is -0.149. The summed E-state index contributed by atoms with van der Waals surface area (Å²) in [7, 11) is 0. The fraction of sp³-hybridized carbons (Fsp3) is 0.750. The van der Waals surface area contributed by atoms with Crippen molar-refractivity contribution in [3.05, 3.63) is 0 Å². The number of thiol groups is 2. The number of carboxylic acid groups (broad SMARTS) is 1. The average molecular weight is 419 g/mol. The summed E-state index contributed by atoms with van der Waals surface area (Å²) in [5.74, 6) is -2.28. The van der Waals surface area contributed by atoms with Crippen LogP contribution in [0.2, 0.25) is 0 Å². The van der Waals surface area contributed by atoms with E-state index in [2.05, 4.69) is 41.2 Å². The molecule has 2 rings (SSSR count). The molecular weight excluding hydrogens is 392 g/mol. The molecule has 0 aliphatic carbocycles. The Hall–Kier alpha value is -1.46. The zero-order valence-electron chi connectivity index (χ0n) is 14.9. The van der Waals surface area contributed by atoms with E-state index in [1.54, 1.807) is 0 Å². The molecule has 27 heavy (non-hydrogen) atoms. The van der Waals surface area contributed by atoms with Crippen LogP contribution >= 0.6 is 25.3 Å². The second-order valence-corrected chi connectivity index (χ2v) is 7.39. The number of rotatable bonds is 8. The van der Waals surface area contributed by atoms with E-state index in [4.69, 9.17) is 0 Å². The van der Waals surface area contributed by atoms with E-state index < -0.39 is 35.9 Å². The van der Waals surface area contributed by atoms with Gasteiger partial charge in [0.05, 0.1) is 6.04 Å². The van der Waals surface area contributed by atoms with Crippen LogP contribution in [-0.2, 0) is 19.2 Å². The lowest BCUT2D eigenvalue weighted by Crippen LogP contribution is -2.58. The molecule has 2 fully saturated rings. The Morgan fingerprint density at radius 1 is 1.07 bits per heavy atom. The molecule has 11 heteroatoms. The Labute approximate surface area is 168 Å². The van der Waals surface area contributed by atoms with Crippen molar-refractivity contribution in [3.8, 4) is 0 Å². The van der Waals surface area contributed by atoms with Crippen LogP contribution in [0.15, 0.2) is 0 Å². The van der Waals surface area contributed by atoms with Crippen molar-refractivity contribution in [1.82, 2.24) is 20.9 Å². The number of nitrogens with zero attached hydrogens (tertiary/aromatic N) is 1. The van der Waals surface area contributed by atoms with Gasteiger partial charge in [-0.25, -0.2) is 4.79 Å². The Morgan fingerprint density at radius 3 is 2.33 bits per heavy atom. The van der Waals surface area contributed by atoms with Gasteiger partial charge in [-0.1, -0.05) is 0 Å². The quantitative estimate of drug-likeness (QED) is 0.270. The fourth-order valence-corrected chi connectivity index (χ4v) is 3.82. The smallest absolute Gasteiger partial charge is 0.326 e. The van der Waals surface area contributed by atoms with E-state index in [0.717, 1.165) is 13.0 Å². The Bertz CT molecular complexity index is 585. The predicted octanol–water partition coefficient (Wildman–Crippen LogP) is -1.36. The van der Waals surface area contributed by atoms with Crippen LogP contribution in [0.4, 0.5) is 0 Å². The van der Waals surface area contributed by atoms with Gasteiger partial charge in [0.25, 0.3) is 0 Å². The molecule has 3 amide bonds. The first-order chi connectivity index (χ1) is 12.9. The standard InChI is InChI=1S/C16H26N4O5S2/c21-13(9-3-1-5-17-9)18-10(7-26)14(22)19-11(8-27)15(23)20-6-2-4-12(20)16(24)25/h9-12,17,26-27H,1-8H2,(H,18,21)(H,19,22)(H,24,25). The van der Waals surface area contributed by atoms with Crippen LogP contribution in [0.5, 0.6) is 0 Å². The Balaban J connectivity index is 1.96. The molecule has 4 atom stereocenters. The second-order valence-electron chi connectivity index (χ2n) is 6.66. The molecule has 2 aliphatic rings. The van der Waals surface area contributed by atoms with E-state index in [0.29, 0.717) is 25.8 Å². The molecule has 2 saturated heterocycles. The van der Waals surface area contributed by atoms with Gasteiger partial charge >= 0.3 is 5.97 Å². The summed E-state index contributed by atoms with van der Waals surface area (Å²) in [5.41, 5.74) is 0. The summed E-state index contributed by atoms with van der Waals surface area (Å²) in [6, 6.07) is -3.08. The average Bonchev–Trinajstić information content (AvgIpc) is 3.34. The molecule has 0 bridgehead atoms. The van der Waals surface area contributed by atoms with Crippen molar-refractivity contribution in [2.45, 2.75) is 49.9 Å². The molecule has 9 nitrogen and oxygen atoms in total. The summed E-state index contributed by atoms with van der Waals surface area (Å²) in [6.07, 6.45) is 2.58. The summed E-state index contributed by atoms with van der Waals surface area (Å²) in [6.45, 7) is 1.09. The molecule has 0 spiro atoms. The first-order valence-corrected chi connectivity index (χ1v) is 10.2. The number of amides is 3. The van der Waals surface area contributed by atoms with Crippen molar-refractivity contribution < 1.29 is 24.3 Å². The maximum Gasteiger partial charge on any atom is 0.326 e. The summed E-state index contributed by atoms with van der Waals surface area (Å²) in [5, 5.41) is 17.5. The first kappa shape index (κ1) is 21.8. The first-order valence-electron chi connectivity index (χ1n) is 8.98. The SMILES string of the molecule is O=C(NC(CS)C(=O)NC(CS)C(=O)N1CCCC1C(=O)O)C1CCCN1. The van der Waals surface area contributed by atoms with Crippen molar-refractivity contribution in [3.63, 3.8) is 0 Å². The molecule has 4 unspecified atom stereocenters. The van der Waals surface area contributed by atoms with Crippen LogP contribution in [-0.4, -0.2) is 82.5 Å². The molecule has 2 aliphatic heterocycles. The summed E-state index contributed by atoms with van der Waals surface area (Å²) in [4.78, 5) is 49.9. The third-order valence-electron chi connectivity index (χ3n) is 4.81. The highest BCUT2D eigenvalue weighted by Gasteiger charge is 2.38. The van der Waals surface area contributed by atoms with Crippen molar-refractivity contribution >= 4 is 48.9 Å².